The maximum Gasteiger partial charge on any atom is 0.278 e. The van der Waals surface area contributed by atoms with Crippen LogP contribution in [0.25, 0.3) is 10.8 Å². The molecule has 2 aromatic carbocycles. The van der Waals surface area contributed by atoms with Crippen molar-refractivity contribution in [2.24, 2.45) is 5.10 Å². The maximum absolute atomic E-state index is 12.3. The van der Waals surface area contributed by atoms with Gasteiger partial charge in [0.2, 0.25) is 5.88 Å². The number of benzene rings is 2. The third-order valence-electron chi connectivity index (χ3n) is 4.64. The normalized spacial score (nSPS) is 10.8. The standard InChI is InChI=1S/C23H21BrN4O4/c1-14-22(24)19(12-30-2)17(10-25)23(27-14)32-13-21(29)28-26-11-18-16-7-5-4-6-15(16)8-9-20(18)31-3/h4-9,11H,12-13H2,1-3H3,(H,28,29)/b26-11-. The Bertz CT molecular complexity index is 1220. The third kappa shape index (κ3) is 5.04. The zero-order valence-corrected chi connectivity index (χ0v) is 19.4. The lowest BCUT2D eigenvalue weighted by Gasteiger charge is -2.13. The first kappa shape index (κ1) is 23.2. The minimum absolute atomic E-state index is 0.0649. The van der Waals surface area contributed by atoms with Gasteiger partial charge in [0.1, 0.15) is 17.4 Å². The van der Waals surface area contributed by atoms with E-state index in [9.17, 15) is 10.1 Å². The highest BCUT2D eigenvalue weighted by Gasteiger charge is 2.18. The molecule has 8 nitrogen and oxygen atoms in total. The van der Waals surface area contributed by atoms with Crippen molar-refractivity contribution in [2.45, 2.75) is 13.5 Å². The average molecular weight is 497 g/mol. The molecule has 0 spiro atoms. The Morgan fingerprint density at radius 2 is 2.06 bits per heavy atom. The van der Waals surface area contributed by atoms with Crippen molar-refractivity contribution < 1.29 is 19.0 Å². The van der Waals surface area contributed by atoms with E-state index in [4.69, 9.17) is 14.2 Å². The molecule has 1 N–H and O–H groups in total. The summed E-state index contributed by atoms with van der Waals surface area (Å²) in [5, 5.41) is 15.5. The number of hydrogen-bond donors (Lipinski definition) is 1. The summed E-state index contributed by atoms with van der Waals surface area (Å²) < 4.78 is 16.7. The Hall–Kier alpha value is -3.48. The third-order valence-corrected chi connectivity index (χ3v) is 5.69. The van der Waals surface area contributed by atoms with Gasteiger partial charge in [-0.1, -0.05) is 30.3 Å². The molecule has 3 aromatic rings. The van der Waals surface area contributed by atoms with Crippen LogP contribution in [-0.4, -0.2) is 37.9 Å². The maximum atomic E-state index is 12.3. The van der Waals surface area contributed by atoms with Crippen molar-refractivity contribution in [1.29, 1.82) is 5.26 Å². The summed E-state index contributed by atoms with van der Waals surface area (Å²) in [6.07, 6.45) is 1.53. The van der Waals surface area contributed by atoms with Gasteiger partial charge < -0.3 is 14.2 Å². The van der Waals surface area contributed by atoms with Gasteiger partial charge in [-0.05, 0) is 39.7 Å². The number of hydrazone groups is 1. The lowest BCUT2D eigenvalue weighted by atomic mass is 10.0. The molecule has 1 heterocycles. The molecule has 9 heteroatoms. The number of nitrogens with one attached hydrogen (secondary N) is 1. The van der Waals surface area contributed by atoms with Gasteiger partial charge >= 0.3 is 0 Å². The fourth-order valence-electron chi connectivity index (χ4n) is 3.14. The van der Waals surface area contributed by atoms with E-state index in [2.05, 4.69) is 37.5 Å². The molecule has 0 unspecified atom stereocenters. The van der Waals surface area contributed by atoms with Crippen LogP contribution in [-0.2, 0) is 16.1 Å². The predicted octanol–water partition coefficient (Wildman–Crippen LogP) is 3.86. The van der Waals surface area contributed by atoms with Crippen molar-refractivity contribution in [2.75, 3.05) is 20.8 Å². The van der Waals surface area contributed by atoms with Crippen LogP contribution >= 0.6 is 15.9 Å². The molecule has 32 heavy (non-hydrogen) atoms. The molecule has 1 amide bonds. The summed E-state index contributed by atoms with van der Waals surface area (Å²) in [6, 6.07) is 13.7. The number of carbonyl (C=O) groups excluding carboxylic acids is 1. The second-order valence-electron chi connectivity index (χ2n) is 6.70. The molecule has 164 valence electrons. The van der Waals surface area contributed by atoms with E-state index in [-0.39, 0.29) is 24.7 Å². The number of hydrogen-bond acceptors (Lipinski definition) is 7. The molecule has 0 bridgehead atoms. The van der Waals surface area contributed by atoms with Crippen LogP contribution in [0.15, 0.2) is 46.0 Å². The molecule has 0 saturated carbocycles. The number of aromatic nitrogens is 1. The minimum atomic E-state index is -0.500. The number of rotatable bonds is 8. The number of pyridine rings is 1. The van der Waals surface area contributed by atoms with Crippen LogP contribution in [0.4, 0.5) is 0 Å². The summed E-state index contributed by atoms with van der Waals surface area (Å²) in [6.45, 7) is 1.60. The van der Waals surface area contributed by atoms with E-state index >= 15 is 0 Å². The molecule has 0 aliphatic rings. The van der Waals surface area contributed by atoms with Gasteiger partial charge in [0.15, 0.2) is 6.61 Å². The molecule has 0 fully saturated rings. The van der Waals surface area contributed by atoms with Crippen LogP contribution in [0.5, 0.6) is 11.6 Å². The SMILES string of the molecule is COCc1c(Br)c(C)nc(OCC(=O)N/N=C\c2c(OC)ccc3ccccc23)c1C#N. The second-order valence-corrected chi connectivity index (χ2v) is 7.49. The van der Waals surface area contributed by atoms with Crippen LogP contribution in [0.1, 0.15) is 22.4 Å². The molecular weight excluding hydrogens is 476 g/mol. The highest BCUT2D eigenvalue weighted by molar-refractivity contribution is 9.10. The number of halogens is 1. The molecule has 3 rings (SSSR count). The van der Waals surface area contributed by atoms with E-state index < -0.39 is 5.91 Å². The Kier molecular flexibility index (Phi) is 7.76. The molecule has 0 radical (unpaired) electrons. The quantitative estimate of drug-likeness (QED) is 0.374. The molecule has 0 saturated heterocycles. The van der Waals surface area contributed by atoms with Gasteiger partial charge in [0.05, 0.1) is 25.6 Å². The van der Waals surface area contributed by atoms with E-state index in [1.54, 1.807) is 14.0 Å². The van der Waals surface area contributed by atoms with Crippen LogP contribution < -0.4 is 14.9 Å². The number of carbonyl (C=O) groups is 1. The van der Waals surface area contributed by atoms with Crippen molar-refractivity contribution in [1.82, 2.24) is 10.4 Å². The average Bonchev–Trinajstić information content (AvgIpc) is 2.81. The van der Waals surface area contributed by atoms with E-state index in [1.807, 2.05) is 36.4 Å². The lowest BCUT2D eigenvalue weighted by Crippen LogP contribution is -2.25. The second kappa shape index (κ2) is 10.7. The number of ether oxygens (including phenoxy) is 3. The van der Waals surface area contributed by atoms with E-state index in [0.717, 1.165) is 16.3 Å². The first-order valence-electron chi connectivity index (χ1n) is 9.58. The highest BCUT2D eigenvalue weighted by atomic mass is 79.9. The smallest absolute Gasteiger partial charge is 0.278 e. The number of aryl methyl sites for hydroxylation is 1. The number of nitrogens with zero attached hydrogens (tertiary/aromatic N) is 3. The van der Waals surface area contributed by atoms with E-state index in [1.165, 1.54) is 13.3 Å². The van der Waals surface area contributed by atoms with Crippen LogP contribution in [0, 0.1) is 18.3 Å². The Balaban J connectivity index is 1.73. The van der Waals surface area contributed by atoms with Gasteiger partial charge in [-0.2, -0.15) is 10.4 Å². The topological polar surface area (TPSA) is 106 Å². The van der Waals surface area contributed by atoms with Crippen molar-refractivity contribution in [3.05, 3.63) is 63.3 Å². The minimum Gasteiger partial charge on any atom is -0.496 e. The summed E-state index contributed by atoms with van der Waals surface area (Å²) in [7, 11) is 3.10. The van der Waals surface area contributed by atoms with Gasteiger partial charge in [-0.25, -0.2) is 10.4 Å². The zero-order chi connectivity index (χ0) is 23.1. The highest BCUT2D eigenvalue weighted by Crippen LogP contribution is 2.30. The van der Waals surface area contributed by atoms with Crippen LogP contribution in [0.2, 0.25) is 0 Å². The van der Waals surface area contributed by atoms with E-state index in [0.29, 0.717) is 21.5 Å². The molecular formula is C23H21BrN4O4. The number of amides is 1. The Morgan fingerprint density at radius 3 is 2.78 bits per heavy atom. The summed E-state index contributed by atoms with van der Waals surface area (Å²) in [5.41, 5.74) is 4.61. The Labute approximate surface area is 193 Å². The fourth-order valence-corrected chi connectivity index (χ4v) is 3.54. The Morgan fingerprint density at radius 1 is 1.28 bits per heavy atom. The van der Waals surface area contributed by atoms with Crippen molar-refractivity contribution in [3.63, 3.8) is 0 Å². The molecule has 1 aromatic heterocycles. The summed E-state index contributed by atoms with van der Waals surface area (Å²) in [4.78, 5) is 16.5. The first-order chi connectivity index (χ1) is 15.5. The first-order valence-corrected chi connectivity index (χ1v) is 10.4. The van der Waals surface area contributed by atoms with Gasteiger partial charge in [-0.3, -0.25) is 4.79 Å². The summed E-state index contributed by atoms with van der Waals surface area (Å²) in [5.74, 6) is 0.201. The zero-order valence-electron chi connectivity index (χ0n) is 17.8. The van der Waals surface area contributed by atoms with Crippen molar-refractivity contribution in [3.8, 4) is 17.7 Å². The summed E-state index contributed by atoms with van der Waals surface area (Å²) >= 11 is 3.41. The van der Waals surface area contributed by atoms with Crippen molar-refractivity contribution >= 4 is 38.8 Å². The lowest BCUT2D eigenvalue weighted by molar-refractivity contribution is -0.123. The monoisotopic (exact) mass is 496 g/mol. The van der Waals surface area contributed by atoms with Gasteiger partial charge in [-0.15, -0.1) is 0 Å². The van der Waals surface area contributed by atoms with Gasteiger partial charge in [0.25, 0.3) is 5.91 Å². The predicted molar refractivity (Wildman–Crippen MR) is 124 cm³/mol. The van der Waals surface area contributed by atoms with Crippen LogP contribution in [0.3, 0.4) is 0 Å². The molecule has 0 atom stereocenters. The fraction of sp³-hybridized carbons (Fsp3) is 0.217. The number of methoxy groups -OCH3 is 2. The number of fused-ring (bicyclic) bond motifs is 1. The van der Waals surface area contributed by atoms with Gasteiger partial charge in [0, 0.05) is 22.7 Å². The largest absolute Gasteiger partial charge is 0.496 e. The molecule has 0 aliphatic carbocycles. The number of nitriles is 1. The molecule has 0 aliphatic heterocycles.